The highest BCUT2D eigenvalue weighted by atomic mass is 16.5. The molecular formula is C18H25N3O2. The van der Waals surface area contributed by atoms with E-state index in [1.54, 1.807) is 0 Å². The Kier molecular flexibility index (Phi) is 3.97. The maximum Gasteiger partial charge on any atom is 0.253 e. The molecule has 1 amide bonds. The molecule has 1 aromatic heterocycles. The fourth-order valence-electron chi connectivity index (χ4n) is 3.50. The molecule has 0 radical (unpaired) electrons. The van der Waals surface area contributed by atoms with Gasteiger partial charge in [0.1, 0.15) is 5.82 Å². The van der Waals surface area contributed by atoms with E-state index >= 15 is 0 Å². The fourth-order valence-corrected chi connectivity index (χ4v) is 3.50. The van der Waals surface area contributed by atoms with E-state index in [1.807, 2.05) is 6.07 Å². The number of carbonyl (C=O) groups excluding carboxylic acids is 1. The Balaban J connectivity index is 1.44. The van der Waals surface area contributed by atoms with Crippen LogP contribution >= 0.6 is 0 Å². The average molecular weight is 315 g/mol. The second kappa shape index (κ2) is 6.11. The summed E-state index contributed by atoms with van der Waals surface area (Å²) in [5, 5.41) is 2.87. The first-order chi connectivity index (χ1) is 11.2. The number of pyridine rings is 1. The zero-order valence-electron chi connectivity index (χ0n) is 13.8. The van der Waals surface area contributed by atoms with Crippen LogP contribution in [0, 0.1) is 5.92 Å². The van der Waals surface area contributed by atoms with Crippen molar-refractivity contribution in [2.75, 3.05) is 24.6 Å². The van der Waals surface area contributed by atoms with Crippen LogP contribution in [0.2, 0.25) is 0 Å². The molecule has 0 unspecified atom stereocenters. The molecule has 2 fully saturated rings. The van der Waals surface area contributed by atoms with E-state index in [0.717, 1.165) is 62.0 Å². The standard InChI is InChI=1S/C18H25N3O2/c1-2-13-9-15-16(10-19-18(15)22)20-17(13)21-7-5-14(6-8-21)23-11-12-3-4-12/h9,12,14H,2-8,10-11H2,1H3,(H,19,22). The molecule has 3 aliphatic rings. The smallest absolute Gasteiger partial charge is 0.253 e. The van der Waals surface area contributed by atoms with Gasteiger partial charge in [-0.05, 0) is 49.7 Å². The van der Waals surface area contributed by atoms with Gasteiger partial charge < -0.3 is 15.0 Å². The minimum absolute atomic E-state index is 0.0148. The van der Waals surface area contributed by atoms with Crippen molar-refractivity contribution >= 4 is 11.7 Å². The number of aromatic nitrogens is 1. The van der Waals surface area contributed by atoms with Crippen LogP contribution in [0.25, 0.3) is 0 Å². The van der Waals surface area contributed by atoms with Crippen molar-refractivity contribution in [2.45, 2.75) is 51.7 Å². The lowest BCUT2D eigenvalue weighted by molar-refractivity contribution is 0.0304. The Hall–Kier alpha value is -1.62. The molecule has 0 bridgehead atoms. The zero-order valence-corrected chi connectivity index (χ0v) is 13.8. The lowest BCUT2D eigenvalue weighted by atomic mass is 10.0. The summed E-state index contributed by atoms with van der Waals surface area (Å²) in [5.74, 6) is 1.92. The van der Waals surface area contributed by atoms with Crippen LogP contribution in [-0.2, 0) is 17.7 Å². The number of hydrogen-bond acceptors (Lipinski definition) is 4. The monoisotopic (exact) mass is 315 g/mol. The van der Waals surface area contributed by atoms with Crippen molar-refractivity contribution in [1.82, 2.24) is 10.3 Å². The molecular weight excluding hydrogens is 290 g/mol. The van der Waals surface area contributed by atoms with Crippen LogP contribution in [0.5, 0.6) is 0 Å². The number of aryl methyl sites for hydroxylation is 1. The number of fused-ring (bicyclic) bond motifs is 1. The molecule has 0 aromatic carbocycles. The average Bonchev–Trinajstić information content (AvgIpc) is 3.35. The summed E-state index contributed by atoms with van der Waals surface area (Å²) in [6.07, 6.45) is 6.17. The Labute approximate surface area is 137 Å². The number of hydrogen-bond donors (Lipinski definition) is 1. The molecule has 4 rings (SSSR count). The van der Waals surface area contributed by atoms with Gasteiger partial charge in [0, 0.05) is 19.7 Å². The topological polar surface area (TPSA) is 54.5 Å². The first kappa shape index (κ1) is 14.9. The lowest BCUT2D eigenvalue weighted by Crippen LogP contribution is -2.38. The van der Waals surface area contributed by atoms with Gasteiger partial charge in [-0.1, -0.05) is 6.92 Å². The normalized spacial score (nSPS) is 21.4. The van der Waals surface area contributed by atoms with Crippen molar-refractivity contribution in [3.8, 4) is 0 Å². The first-order valence-corrected chi connectivity index (χ1v) is 8.92. The summed E-state index contributed by atoms with van der Waals surface area (Å²) < 4.78 is 6.03. The molecule has 1 N–H and O–H groups in total. The summed E-state index contributed by atoms with van der Waals surface area (Å²) in [6, 6.07) is 2.04. The summed E-state index contributed by atoms with van der Waals surface area (Å²) in [5.41, 5.74) is 2.83. The van der Waals surface area contributed by atoms with Crippen LogP contribution in [0.1, 0.15) is 54.2 Å². The van der Waals surface area contributed by atoms with Gasteiger partial charge >= 0.3 is 0 Å². The Morgan fingerprint density at radius 3 is 2.78 bits per heavy atom. The third-order valence-corrected chi connectivity index (χ3v) is 5.21. The number of rotatable bonds is 5. The van der Waals surface area contributed by atoms with Gasteiger partial charge in [-0.2, -0.15) is 0 Å². The number of anilines is 1. The van der Waals surface area contributed by atoms with E-state index in [9.17, 15) is 4.79 Å². The van der Waals surface area contributed by atoms with Crippen molar-refractivity contribution < 1.29 is 9.53 Å². The fraction of sp³-hybridized carbons (Fsp3) is 0.667. The molecule has 5 heteroatoms. The number of nitrogens with one attached hydrogen (secondary N) is 1. The van der Waals surface area contributed by atoms with E-state index < -0.39 is 0 Å². The molecule has 23 heavy (non-hydrogen) atoms. The van der Waals surface area contributed by atoms with E-state index in [4.69, 9.17) is 9.72 Å². The van der Waals surface area contributed by atoms with Crippen LogP contribution < -0.4 is 10.2 Å². The van der Waals surface area contributed by atoms with E-state index in [0.29, 0.717) is 12.6 Å². The Bertz CT molecular complexity index is 605. The lowest BCUT2D eigenvalue weighted by Gasteiger charge is -2.34. The van der Waals surface area contributed by atoms with Gasteiger partial charge in [0.15, 0.2) is 0 Å². The number of nitrogens with zero attached hydrogens (tertiary/aromatic N) is 2. The number of amides is 1. The summed E-state index contributed by atoms with van der Waals surface area (Å²) in [6.45, 7) is 5.64. The highest BCUT2D eigenvalue weighted by molar-refractivity contribution is 5.98. The Morgan fingerprint density at radius 2 is 2.09 bits per heavy atom. The number of piperidine rings is 1. The molecule has 1 aliphatic carbocycles. The molecule has 1 saturated heterocycles. The van der Waals surface area contributed by atoms with Crippen LogP contribution in [0.4, 0.5) is 5.82 Å². The van der Waals surface area contributed by atoms with Gasteiger partial charge in [0.05, 0.1) is 23.9 Å². The predicted molar refractivity (Wildman–Crippen MR) is 88.7 cm³/mol. The third-order valence-electron chi connectivity index (χ3n) is 5.21. The molecule has 0 spiro atoms. The second-order valence-electron chi connectivity index (χ2n) is 6.96. The molecule has 124 valence electrons. The highest BCUT2D eigenvalue weighted by Gasteiger charge is 2.28. The van der Waals surface area contributed by atoms with Crippen LogP contribution in [0.3, 0.4) is 0 Å². The van der Waals surface area contributed by atoms with E-state index in [-0.39, 0.29) is 5.91 Å². The van der Waals surface area contributed by atoms with Crippen molar-refractivity contribution in [2.24, 2.45) is 5.92 Å². The van der Waals surface area contributed by atoms with Gasteiger partial charge in [0.2, 0.25) is 0 Å². The van der Waals surface area contributed by atoms with Crippen molar-refractivity contribution in [3.05, 3.63) is 22.9 Å². The molecule has 2 aliphatic heterocycles. The maximum atomic E-state index is 11.8. The third kappa shape index (κ3) is 3.07. The zero-order chi connectivity index (χ0) is 15.8. The Morgan fingerprint density at radius 1 is 1.30 bits per heavy atom. The molecule has 1 saturated carbocycles. The van der Waals surface area contributed by atoms with Crippen molar-refractivity contribution in [3.63, 3.8) is 0 Å². The largest absolute Gasteiger partial charge is 0.378 e. The van der Waals surface area contributed by atoms with Crippen LogP contribution in [0.15, 0.2) is 6.07 Å². The molecule has 5 nitrogen and oxygen atoms in total. The van der Waals surface area contributed by atoms with Gasteiger partial charge in [-0.25, -0.2) is 4.98 Å². The minimum Gasteiger partial charge on any atom is -0.378 e. The highest BCUT2D eigenvalue weighted by Crippen LogP contribution is 2.31. The van der Waals surface area contributed by atoms with E-state index in [2.05, 4.69) is 17.1 Å². The van der Waals surface area contributed by atoms with E-state index in [1.165, 1.54) is 18.4 Å². The van der Waals surface area contributed by atoms with Crippen LogP contribution in [-0.4, -0.2) is 36.7 Å². The van der Waals surface area contributed by atoms with Gasteiger partial charge in [-0.3, -0.25) is 4.79 Å². The SMILES string of the molecule is CCc1cc2c(nc1N1CCC(OCC3CC3)CC1)CNC2=O. The molecule has 3 heterocycles. The number of carbonyl (C=O) groups is 1. The van der Waals surface area contributed by atoms with Gasteiger partial charge in [-0.15, -0.1) is 0 Å². The predicted octanol–water partition coefficient (Wildman–Crippen LogP) is 2.28. The summed E-state index contributed by atoms with van der Waals surface area (Å²) >= 11 is 0. The summed E-state index contributed by atoms with van der Waals surface area (Å²) in [7, 11) is 0. The summed E-state index contributed by atoms with van der Waals surface area (Å²) in [4.78, 5) is 19.0. The second-order valence-corrected chi connectivity index (χ2v) is 6.96. The quantitative estimate of drug-likeness (QED) is 0.906. The van der Waals surface area contributed by atoms with Crippen molar-refractivity contribution in [1.29, 1.82) is 0 Å². The number of ether oxygens (including phenoxy) is 1. The first-order valence-electron chi connectivity index (χ1n) is 8.92. The molecule has 1 aromatic rings. The molecule has 0 atom stereocenters. The van der Waals surface area contributed by atoms with Gasteiger partial charge in [0.25, 0.3) is 5.91 Å². The minimum atomic E-state index is 0.0148. The maximum absolute atomic E-state index is 11.8.